The maximum Gasteiger partial charge on any atom is 0.241 e. The number of halogens is 1. The first-order valence-corrected chi connectivity index (χ1v) is 9.86. The van der Waals surface area contributed by atoms with Gasteiger partial charge in [0, 0.05) is 6.54 Å². The largest absolute Gasteiger partial charge is 0.492 e. The number of anilines is 1. The molecule has 6 nitrogen and oxygen atoms in total. The number of hydrogen-bond acceptors (Lipinski definition) is 4. The first-order chi connectivity index (χ1) is 12.3. The molecule has 1 amide bonds. The first-order valence-electron chi connectivity index (χ1n) is 8.02. The van der Waals surface area contributed by atoms with Crippen LogP contribution in [0.1, 0.15) is 12.5 Å². The molecule has 0 aliphatic heterocycles. The maximum atomic E-state index is 12.9. The highest BCUT2D eigenvalue weighted by Gasteiger charge is 2.23. The topological polar surface area (TPSA) is 75.7 Å². The number of benzene rings is 2. The molecule has 0 heterocycles. The van der Waals surface area contributed by atoms with Gasteiger partial charge in [-0.25, -0.2) is 12.8 Å². The van der Waals surface area contributed by atoms with Crippen LogP contribution in [0.3, 0.4) is 0 Å². The lowest BCUT2D eigenvalue weighted by atomic mass is 10.2. The van der Waals surface area contributed by atoms with E-state index in [0.717, 1.165) is 10.6 Å². The summed E-state index contributed by atoms with van der Waals surface area (Å²) in [4.78, 5) is 12.3. The van der Waals surface area contributed by atoms with E-state index >= 15 is 0 Å². The minimum atomic E-state index is -3.70. The smallest absolute Gasteiger partial charge is 0.241 e. The Hall–Kier alpha value is -2.61. The van der Waals surface area contributed by atoms with Crippen LogP contribution < -0.4 is 14.4 Å². The van der Waals surface area contributed by atoms with Crippen molar-refractivity contribution in [2.75, 3.05) is 23.7 Å². The summed E-state index contributed by atoms with van der Waals surface area (Å²) in [6.45, 7) is 1.94. The second kappa shape index (κ2) is 8.66. The Morgan fingerprint density at radius 3 is 2.42 bits per heavy atom. The van der Waals surface area contributed by atoms with Crippen molar-refractivity contribution in [3.63, 3.8) is 0 Å². The Morgan fingerprint density at radius 1 is 1.15 bits per heavy atom. The quantitative estimate of drug-likeness (QED) is 0.763. The predicted molar refractivity (Wildman–Crippen MR) is 98.0 cm³/mol. The fourth-order valence-electron chi connectivity index (χ4n) is 2.31. The van der Waals surface area contributed by atoms with Gasteiger partial charge < -0.3 is 10.1 Å². The lowest BCUT2D eigenvalue weighted by molar-refractivity contribution is -0.119. The third-order valence-electron chi connectivity index (χ3n) is 3.52. The van der Waals surface area contributed by atoms with Gasteiger partial charge in [-0.3, -0.25) is 9.10 Å². The van der Waals surface area contributed by atoms with Crippen LogP contribution in [0.2, 0.25) is 0 Å². The van der Waals surface area contributed by atoms with Crippen LogP contribution in [0.4, 0.5) is 10.1 Å². The first kappa shape index (κ1) is 19.7. The van der Waals surface area contributed by atoms with Crippen molar-refractivity contribution in [2.45, 2.75) is 13.5 Å². The molecule has 0 fully saturated rings. The number of carbonyl (C=O) groups excluding carboxylic acids is 1. The predicted octanol–water partition coefficient (Wildman–Crippen LogP) is 2.31. The van der Waals surface area contributed by atoms with E-state index in [1.165, 1.54) is 12.1 Å². The van der Waals surface area contributed by atoms with E-state index < -0.39 is 15.9 Å². The molecule has 2 aromatic rings. The third-order valence-corrected chi connectivity index (χ3v) is 4.65. The average Bonchev–Trinajstić information content (AvgIpc) is 2.59. The minimum Gasteiger partial charge on any atom is -0.492 e. The van der Waals surface area contributed by atoms with Gasteiger partial charge in [0.25, 0.3) is 0 Å². The van der Waals surface area contributed by atoms with E-state index in [1.54, 1.807) is 43.3 Å². The third kappa shape index (κ3) is 5.45. The summed E-state index contributed by atoms with van der Waals surface area (Å²) in [6, 6.07) is 12.3. The van der Waals surface area contributed by atoms with Crippen molar-refractivity contribution < 1.29 is 22.3 Å². The lowest BCUT2D eigenvalue weighted by Crippen LogP contribution is -2.40. The van der Waals surface area contributed by atoms with Crippen LogP contribution in [-0.4, -0.2) is 33.7 Å². The summed E-state index contributed by atoms with van der Waals surface area (Å²) >= 11 is 0. The van der Waals surface area contributed by atoms with Gasteiger partial charge in [-0.2, -0.15) is 0 Å². The van der Waals surface area contributed by atoms with Gasteiger partial charge in [-0.05, 0) is 36.8 Å². The molecule has 2 aromatic carbocycles. The van der Waals surface area contributed by atoms with Crippen molar-refractivity contribution in [1.82, 2.24) is 5.32 Å². The Morgan fingerprint density at radius 2 is 1.81 bits per heavy atom. The molecule has 8 heteroatoms. The molecule has 0 unspecified atom stereocenters. The molecule has 0 aliphatic carbocycles. The standard InChI is InChI=1S/C18H21FN2O4S/c1-3-25-17-7-5-4-6-16(17)21(26(2,23)24)13-18(22)20-12-14-8-10-15(19)11-9-14/h4-11H,3,12-13H2,1-2H3,(H,20,22). The molecule has 1 N–H and O–H groups in total. The normalized spacial score (nSPS) is 11.0. The molecule has 0 atom stereocenters. The van der Waals surface area contributed by atoms with Gasteiger partial charge in [-0.1, -0.05) is 24.3 Å². The molecule has 0 spiro atoms. The van der Waals surface area contributed by atoms with Crippen LogP contribution in [0.25, 0.3) is 0 Å². The number of para-hydroxylation sites is 2. The highest BCUT2D eigenvalue weighted by Crippen LogP contribution is 2.29. The van der Waals surface area contributed by atoms with Crippen molar-refractivity contribution >= 4 is 21.6 Å². The van der Waals surface area contributed by atoms with E-state index in [0.29, 0.717) is 23.6 Å². The molecule has 26 heavy (non-hydrogen) atoms. The number of sulfonamides is 1. The molecule has 0 aromatic heterocycles. The van der Waals surface area contributed by atoms with E-state index in [1.807, 2.05) is 0 Å². The van der Waals surface area contributed by atoms with Gasteiger partial charge in [0.2, 0.25) is 15.9 Å². The second-order valence-electron chi connectivity index (χ2n) is 5.57. The van der Waals surface area contributed by atoms with Gasteiger partial charge in [0.1, 0.15) is 18.1 Å². The number of rotatable bonds is 8. The number of ether oxygens (including phenoxy) is 1. The van der Waals surface area contributed by atoms with Crippen molar-refractivity contribution in [3.8, 4) is 5.75 Å². The fourth-order valence-corrected chi connectivity index (χ4v) is 3.17. The zero-order valence-corrected chi connectivity index (χ0v) is 15.4. The molecular weight excluding hydrogens is 359 g/mol. The lowest BCUT2D eigenvalue weighted by Gasteiger charge is -2.24. The van der Waals surface area contributed by atoms with Crippen LogP contribution in [0.5, 0.6) is 5.75 Å². The van der Waals surface area contributed by atoms with E-state index in [-0.39, 0.29) is 18.9 Å². The van der Waals surface area contributed by atoms with Crippen LogP contribution in [0.15, 0.2) is 48.5 Å². The second-order valence-corrected chi connectivity index (χ2v) is 7.48. The zero-order chi connectivity index (χ0) is 19.2. The summed E-state index contributed by atoms with van der Waals surface area (Å²) in [6.07, 6.45) is 1.03. The Bertz CT molecular complexity index is 854. The SMILES string of the molecule is CCOc1ccccc1N(CC(=O)NCc1ccc(F)cc1)S(C)(=O)=O. The minimum absolute atomic E-state index is 0.170. The molecule has 0 bridgehead atoms. The summed E-state index contributed by atoms with van der Waals surface area (Å²) < 4.78 is 43.7. The van der Waals surface area contributed by atoms with Crippen LogP contribution in [-0.2, 0) is 21.4 Å². The summed E-state index contributed by atoms with van der Waals surface area (Å²) in [5.41, 5.74) is 1.01. The van der Waals surface area contributed by atoms with Gasteiger partial charge in [0.15, 0.2) is 0 Å². The summed E-state index contributed by atoms with van der Waals surface area (Å²) in [5.74, 6) is -0.464. The van der Waals surface area contributed by atoms with Crippen molar-refractivity contribution in [3.05, 3.63) is 59.9 Å². The van der Waals surface area contributed by atoms with Gasteiger partial charge in [-0.15, -0.1) is 0 Å². The van der Waals surface area contributed by atoms with E-state index in [4.69, 9.17) is 4.74 Å². The monoisotopic (exact) mass is 380 g/mol. The van der Waals surface area contributed by atoms with Gasteiger partial charge >= 0.3 is 0 Å². The van der Waals surface area contributed by atoms with Crippen LogP contribution >= 0.6 is 0 Å². The van der Waals surface area contributed by atoms with Crippen molar-refractivity contribution in [2.24, 2.45) is 0 Å². The van der Waals surface area contributed by atoms with E-state index in [2.05, 4.69) is 5.32 Å². The molecule has 0 saturated heterocycles. The molecular formula is C18H21FN2O4S. The summed E-state index contributed by atoms with van der Waals surface area (Å²) in [7, 11) is -3.70. The molecule has 140 valence electrons. The highest BCUT2D eigenvalue weighted by molar-refractivity contribution is 7.92. The van der Waals surface area contributed by atoms with E-state index in [9.17, 15) is 17.6 Å². The Kier molecular flexibility index (Phi) is 6.57. The number of carbonyl (C=O) groups is 1. The van der Waals surface area contributed by atoms with Crippen LogP contribution in [0, 0.1) is 5.82 Å². The highest BCUT2D eigenvalue weighted by atomic mass is 32.2. The molecule has 0 radical (unpaired) electrons. The summed E-state index contributed by atoms with van der Waals surface area (Å²) in [5, 5.41) is 2.63. The van der Waals surface area contributed by atoms with Crippen molar-refractivity contribution in [1.29, 1.82) is 0 Å². The number of hydrogen-bond donors (Lipinski definition) is 1. The Balaban J connectivity index is 2.13. The Labute approximate surface area is 152 Å². The number of nitrogens with one attached hydrogen (secondary N) is 1. The molecule has 2 rings (SSSR count). The number of amides is 1. The fraction of sp³-hybridized carbons (Fsp3) is 0.278. The maximum absolute atomic E-state index is 12.9. The molecule has 0 aliphatic rings. The van der Waals surface area contributed by atoms with Gasteiger partial charge in [0.05, 0.1) is 18.6 Å². The average molecular weight is 380 g/mol. The molecule has 0 saturated carbocycles. The zero-order valence-electron chi connectivity index (χ0n) is 14.6. The number of nitrogens with zero attached hydrogens (tertiary/aromatic N) is 1.